The molecule has 5 rings (SSSR count). The van der Waals surface area contributed by atoms with Gasteiger partial charge in [0.25, 0.3) is 0 Å². The summed E-state index contributed by atoms with van der Waals surface area (Å²) in [6, 6.07) is 26.0. The van der Waals surface area contributed by atoms with Gasteiger partial charge >= 0.3 is 19.8 Å². The molecule has 0 radical (unpaired) electrons. The van der Waals surface area contributed by atoms with Crippen molar-refractivity contribution in [1.82, 2.24) is 4.57 Å². The van der Waals surface area contributed by atoms with E-state index in [4.69, 9.17) is 18.7 Å². The zero-order valence-electron chi connectivity index (χ0n) is 21.6. The maximum Gasteiger partial charge on any atom is 0.470 e. The summed E-state index contributed by atoms with van der Waals surface area (Å²) in [5, 5.41) is 12.0. The predicted octanol–water partition coefficient (Wildman–Crippen LogP) is 3.39. The van der Waals surface area contributed by atoms with Gasteiger partial charge in [-0.25, -0.2) is 9.36 Å². The highest BCUT2D eigenvalue weighted by Crippen LogP contribution is 2.44. The van der Waals surface area contributed by atoms with Gasteiger partial charge in [0.2, 0.25) is 0 Å². The van der Waals surface area contributed by atoms with E-state index < -0.39 is 57.0 Å². The van der Waals surface area contributed by atoms with Crippen molar-refractivity contribution in [2.75, 3.05) is 6.61 Å². The summed E-state index contributed by atoms with van der Waals surface area (Å²) in [4.78, 5) is 45.1. The molecule has 0 bridgehead atoms. The fourth-order valence-electron chi connectivity index (χ4n) is 4.77. The quantitative estimate of drug-likeness (QED) is 0.198. The largest absolute Gasteiger partial charge is 0.470 e. The number of aliphatic hydroxyl groups excluding tert-OH is 1. The number of nitrogens with zero attached hydrogens (tertiary/aromatic N) is 1. The number of para-hydroxylation sites is 1. The lowest BCUT2D eigenvalue weighted by Crippen LogP contribution is -2.58. The third kappa shape index (κ3) is 6.91. The molecule has 5 atom stereocenters. The van der Waals surface area contributed by atoms with Crippen molar-refractivity contribution in [2.24, 2.45) is 0 Å². The summed E-state index contributed by atoms with van der Waals surface area (Å²) in [6.45, 7) is -0.476. The third-order valence-electron chi connectivity index (χ3n) is 6.65. The predicted molar refractivity (Wildman–Crippen MR) is 146 cm³/mol. The lowest BCUT2D eigenvalue weighted by Gasteiger charge is -2.44. The zero-order valence-corrected chi connectivity index (χ0v) is 22.5. The maximum atomic E-state index is 13.0. The summed E-state index contributed by atoms with van der Waals surface area (Å²) in [5.41, 5.74) is 1.57. The van der Waals surface area contributed by atoms with Crippen LogP contribution in [0.15, 0.2) is 97.2 Å². The number of fused-ring (bicyclic) bond motifs is 1. The van der Waals surface area contributed by atoms with Gasteiger partial charge in [0, 0.05) is 6.20 Å². The van der Waals surface area contributed by atoms with Gasteiger partial charge in [0.1, 0.15) is 24.9 Å². The van der Waals surface area contributed by atoms with Gasteiger partial charge in [-0.3, -0.25) is 9.32 Å². The molecule has 214 valence electrons. The highest BCUT2D eigenvalue weighted by atomic mass is 31.2. The molecule has 11 nitrogen and oxygen atoms in total. The van der Waals surface area contributed by atoms with Crippen molar-refractivity contribution < 1.29 is 47.8 Å². The van der Waals surface area contributed by atoms with Crippen molar-refractivity contribution in [3.63, 3.8) is 0 Å². The van der Waals surface area contributed by atoms with Crippen LogP contribution in [0.5, 0.6) is 0 Å². The maximum absolute atomic E-state index is 13.0. The van der Waals surface area contributed by atoms with E-state index in [1.165, 1.54) is 0 Å². The third-order valence-corrected chi connectivity index (χ3v) is 7.16. The van der Waals surface area contributed by atoms with E-state index in [2.05, 4.69) is 0 Å². The monoisotopic (exact) mass is 581 g/mol. The van der Waals surface area contributed by atoms with E-state index >= 15 is 0 Å². The van der Waals surface area contributed by atoms with Gasteiger partial charge in [-0.05, 0) is 35.2 Å². The number of rotatable bonds is 9. The number of phosphoric acid groups is 1. The molecule has 1 aromatic heterocycles. The topological polar surface area (TPSA) is 154 Å². The Balaban J connectivity index is 1.48. The zero-order chi connectivity index (χ0) is 29.0. The number of esters is 2. The number of aliphatic hydroxyl groups is 1. The molecule has 0 saturated carbocycles. The average molecular weight is 582 g/mol. The summed E-state index contributed by atoms with van der Waals surface area (Å²) < 4.78 is 35.9. The fourth-order valence-corrected chi connectivity index (χ4v) is 5.33. The molecular weight excluding hydrogens is 553 g/mol. The molecule has 41 heavy (non-hydrogen) atoms. The van der Waals surface area contributed by atoms with Crippen LogP contribution >= 0.6 is 7.82 Å². The second-order valence-corrected chi connectivity index (χ2v) is 10.7. The molecule has 1 aliphatic heterocycles. The van der Waals surface area contributed by atoms with Gasteiger partial charge in [-0.15, -0.1) is 0 Å². The van der Waals surface area contributed by atoms with E-state index in [0.717, 1.165) is 5.39 Å². The van der Waals surface area contributed by atoms with Crippen LogP contribution in [-0.2, 0) is 34.5 Å². The number of carbonyl (C=O) groups is 2. The lowest BCUT2D eigenvalue weighted by molar-refractivity contribution is -0.254. The van der Waals surface area contributed by atoms with Crippen LogP contribution in [0.4, 0.5) is 0 Å². The van der Waals surface area contributed by atoms with Gasteiger partial charge in [-0.1, -0.05) is 66.7 Å². The van der Waals surface area contributed by atoms with Crippen molar-refractivity contribution >= 4 is 30.7 Å². The number of carbonyl (C=O) groups excluding carboxylic acids is 2. The molecule has 1 saturated heterocycles. The molecule has 2 heterocycles. The number of hydrogen-bond acceptors (Lipinski definition) is 8. The fraction of sp³-hybridized carbons (Fsp3) is 0.241. The number of aromatic nitrogens is 1. The summed E-state index contributed by atoms with van der Waals surface area (Å²) in [7, 11) is -5.21. The number of phosphoric ester groups is 1. The van der Waals surface area contributed by atoms with E-state index in [-0.39, 0.29) is 12.0 Å². The Hall–Kier alpha value is -3.83. The van der Waals surface area contributed by atoms with Crippen molar-refractivity contribution in [2.45, 2.75) is 37.1 Å². The van der Waals surface area contributed by atoms with Crippen LogP contribution in [0.3, 0.4) is 0 Å². The molecule has 0 aliphatic carbocycles. The smallest absolute Gasteiger partial charge is 0.459 e. The van der Waals surface area contributed by atoms with Crippen molar-refractivity contribution in [3.05, 3.63) is 108 Å². The molecular formula is C29H28NO10P. The number of benzene rings is 3. The summed E-state index contributed by atoms with van der Waals surface area (Å²) >= 11 is 0. The Kier molecular flexibility index (Phi) is 8.65. The minimum absolute atomic E-state index is 0.146. The Bertz CT molecular complexity index is 1540. The van der Waals surface area contributed by atoms with E-state index in [0.29, 0.717) is 11.1 Å². The van der Waals surface area contributed by atoms with Crippen LogP contribution in [0.1, 0.15) is 22.1 Å². The summed E-state index contributed by atoms with van der Waals surface area (Å²) in [6.07, 6.45) is -5.98. The van der Waals surface area contributed by atoms with Crippen LogP contribution in [-0.4, -0.2) is 62.4 Å². The Labute approximate surface area is 235 Å². The lowest BCUT2D eigenvalue weighted by atomic mass is 9.97. The highest BCUT2D eigenvalue weighted by molar-refractivity contribution is 7.46. The number of hydrogen-bond donors (Lipinski definition) is 3. The average Bonchev–Trinajstić information content (AvgIpc) is 3.39. The molecule has 12 heteroatoms. The molecule has 0 unspecified atom stereocenters. The van der Waals surface area contributed by atoms with Gasteiger partial charge < -0.3 is 33.7 Å². The van der Waals surface area contributed by atoms with Gasteiger partial charge in [0.05, 0.1) is 17.5 Å². The van der Waals surface area contributed by atoms with Gasteiger partial charge in [0.15, 0.2) is 12.3 Å². The molecule has 3 N–H and O–H groups in total. The molecule has 0 spiro atoms. The van der Waals surface area contributed by atoms with Crippen LogP contribution in [0.25, 0.3) is 10.9 Å². The Morgan fingerprint density at radius 1 is 0.878 bits per heavy atom. The van der Waals surface area contributed by atoms with Gasteiger partial charge in [-0.2, -0.15) is 0 Å². The second kappa shape index (κ2) is 12.4. The normalized spacial score (nSPS) is 22.8. The molecule has 4 aromatic rings. The molecule has 3 aromatic carbocycles. The first-order chi connectivity index (χ1) is 19.7. The molecule has 1 fully saturated rings. The van der Waals surface area contributed by atoms with Crippen molar-refractivity contribution in [1.29, 1.82) is 0 Å². The minimum Gasteiger partial charge on any atom is -0.459 e. The Morgan fingerprint density at radius 2 is 1.54 bits per heavy atom. The number of ether oxygens (including phenoxy) is 3. The van der Waals surface area contributed by atoms with E-state index in [1.807, 2.05) is 12.1 Å². The van der Waals surface area contributed by atoms with E-state index in [1.54, 1.807) is 89.6 Å². The molecule has 1 aliphatic rings. The first kappa shape index (κ1) is 28.7. The van der Waals surface area contributed by atoms with Crippen LogP contribution < -0.4 is 0 Å². The van der Waals surface area contributed by atoms with E-state index in [9.17, 15) is 29.0 Å². The van der Waals surface area contributed by atoms with Crippen LogP contribution in [0.2, 0.25) is 0 Å². The summed E-state index contributed by atoms with van der Waals surface area (Å²) in [5.74, 6) is -1.42. The standard InChI is InChI=1S/C29H28NO10P/c31-24(17-19-9-3-1-4-10-19)39-27-26(40-41(34,35)36)25(32)23(18-37-29(33)21-12-5-2-6-13-21)38-28(27)30-16-15-20-11-7-8-14-22(20)30/h1-16,23,25-28,32H,17-18H2,(H2,34,35,36)/t23-,25-,26+,27-,28-/m1/s1. The first-order valence-corrected chi connectivity index (χ1v) is 14.3. The highest BCUT2D eigenvalue weighted by Gasteiger charge is 2.51. The SMILES string of the molecule is O=C(Cc1ccccc1)O[C@@H]1[C@@H](OP(=O)(O)O)[C@H](O)[C@@H](COC(=O)c2ccccc2)O[C@H]1n1ccc2ccccc21. The molecule has 0 amide bonds. The minimum atomic E-state index is -5.21. The first-order valence-electron chi connectivity index (χ1n) is 12.8. The van der Waals surface area contributed by atoms with Crippen molar-refractivity contribution in [3.8, 4) is 0 Å². The van der Waals surface area contributed by atoms with Crippen LogP contribution in [0, 0.1) is 0 Å². The second-order valence-electron chi connectivity index (χ2n) is 9.48. The Morgan fingerprint density at radius 3 is 2.24 bits per heavy atom.